The fourth-order valence-electron chi connectivity index (χ4n) is 3.57. The van der Waals surface area contributed by atoms with E-state index in [1.54, 1.807) is 39.5 Å². The van der Waals surface area contributed by atoms with Crippen LogP contribution in [0.15, 0.2) is 36.4 Å². The molecule has 1 heterocycles. The van der Waals surface area contributed by atoms with Gasteiger partial charge >= 0.3 is 0 Å². The molecule has 0 atom stereocenters. The molecule has 0 aromatic heterocycles. The van der Waals surface area contributed by atoms with Gasteiger partial charge in [-0.1, -0.05) is 6.07 Å². The summed E-state index contributed by atoms with van der Waals surface area (Å²) in [6, 6.07) is 11.3. The van der Waals surface area contributed by atoms with E-state index in [0.717, 1.165) is 36.7 Å². The van der Waals surface area contributed by atoms with Crippen LogP contribution in [0.25, 0.3) is 0 Å². The highest BCUT2D eigenvalue weighted by molar-refractivity contribution is 5.95. The Bertz CT molecular complexity index is 840. The molecule has 1 fully saturated rings. The molecule has 2 aromatic rings. The molecule has 1 aliphatic rings. The molecule has 0 saturated carbocycles. The summed E-state index contributed by atoms with van der Waals surface area (Å²) >= 11 is 0. The molecule has 1 amide bonds. The molecule has 0 aliphatic carbocycles. The fraction of sp³-hybridized carbons (Fsp3) is 0.435. The van der Waals surface area contributed by atoms with Gasteiger partial charge in [0.1, 0.15) is 11.5 Å². The number of carbonyl (C=O) groups excluding carboxylic acids is 1. The molecule has 7 nitrogen and oxygen atoms in total. The maximum Gasteiger partial charge on any atom is 0.254 e. The first-order valence-electron chi connectivity index (χ1n) is 10.1. The third-order valence-corrected chi connectivity index (χ3v) is 5.19. The lowest BCUT2D eigenvalue weighted by Crippen LogP contribution is -2.48. The van der Waals surface area contributed by atoms with E-state index in [9.17, 15) is 4.79 Å². The maximum atomic E-state index is 13.0. The summed E-state index contributed by atoms with van der Waals surface area (Å²) in [6.45, 7) is 6.32. The second-order valence-electron chi connectivity index (χ2n) is 7.09. The van der Waals surface area contributed by atoms with Crippen molar-refractivity contribution in [3.8, 4) is 23.0 Å². The van der Waals surface area contributed by atoms with E-state index < -0.39 is 0 Å². The Kier molecular flexibility index (Phi) is 7.41. The highest BCUT2D eigenvalue weighted by atomic mass is 16.5. The molecule has 1 aliphatic heterocycles. The standard InChI is InChI=1S/C23H30N2O5/c1-5-30-22-12-17(6-7-21(22)29-4)16-24-8-10-25(11-9-24)23(26)18-13-19(27-2)15-20(14-18)28-3/h6-7,12-15H,5,8-11,16H2,1-4H3. The number of amides is 1. The third-order valence-electron chi connectivity index (χ3n) is 5.19. The molecule has 0 radical (unpaired) electrons. The van der Waals surface area contributed by atoms with Crippen LogP contribution < -0.4 is 18.9 Å². The highest BCUT2D eigenvalue weighted by Gasteiger charge is 2.23. The topological polar surface area (TPSA) is 60.5 Å². The number of hydrogen-bond donors (Lipinski definition) is 0. The van der Waals surface area contributed by atoms with Crippen molar-refractivity contribution in [1.82, 2.24) is 9.80 Å². The van der Waals surface area contributed by atoms with Crippen LogP contribution in [0.5, 0.6) is 23.0 Å². The SMILES string of the molecule is CCOc1cc(CN2CCN(C(=O)c3cc(OC)cc(OC)c3)CC2)ccc1OC. The predicted octanol–water partition coefficient (Wildman–Crippen LogP) is 3.07. The van der Waals surface area contributed by atoms with Gasteiger partial charge in [-0.2, -0.15) is 0 Å². The van der Waals surface area contributed by atoms with Crippen molar-refractivity contribution in [2.45, 2.75) is 13.5 Å². The number of ether oxygens (including phenoxy) is 4. The molecular weight excluding hydrogens is 384 g/mol. The third kappa shape index (κ3) is 5.16. The molecule has 30 heavy (non-hydrogen) atoms. The largest absolute Gasteiger partial charge is 0.497 e. The summed E-state index contributed by atoms with van der Waals surface area (Å²) in [5.41, 5.74) is 1.74. The van der Waals surface area contributed by atoms with Crippen molar-refractivity contribution in [1.29, 1.82) is 0 Å². The van der Waals surface area contributed by atoms with Gasteiger partial charge in [0.15, 0.2) is 11.5 Å². The van der Waals surface area contributed by atoms with E-state index in [1.807, 2.05) is 24.0 Å². The lowest BCUT2D eigenvalue weighted by molar-refractivity contribution is 0.0627. The van der Waals surface area contributed by atoms with Crippen molar-refractivity contribution in [3.63, 3.8) is 0 Å². The summed E-state index contributed by atoms with van der Waals surface area (Å²) in [7, 11) is 4.81. The van der Waals surface area contributed by atoms with Gasteiger partial charge in [-0.05, 0) is 36.8 Å². The van der Waals surface area contributed by atoms with Gasteiger partial charge < -0.3 is 23.8 Å². The number of carbonyl (C=O) groups is 1. The number of methoxy groups -OCH3 is 3. The molecule has 0 spiro atoms. The van der Waals surface area contributed by atoms with Gasteiger partial charge in [-0.25, -0.2) is 0 Å². The summed E-state index contributed by atoms with van der Waals surface area (Å²) in [6.07, 6.45) is 0. The zero-order chi connectivity index (χ0) is 21.5. The van der Waals surface area contributed by atoms with Crippen molar-refractivity contribution >= 4 is 5.91 Å². The molecule has 7 heteroatoms. The minimum atomic E-state index is -0.00469. The number of piperazine rings is 1. The lowest BCUT2D eigenvalue weighted by Gasteiger charge is -2.35. The smallest absolute Gasteiger partial charge is 0.254 e. The Hall–Kier alpha value is -2.93. The number of hydrogen-bond acceptors (Lipinski definition) is 6. The normalized spacial score (nSPS) is 14.3. The Morgan fingerprint density at radius 2 is 1.53 bits per heavy atom. The minimum absolute atomic E-state index is 0.00469. The first-order chi connectivity index (χ1) is 14.6. The molecular formula is C23H30N2O5. The van der Waals surface area contributed by atoms with Crippen molar-refractivity contribution in [2.24, 2.45) is 0 Å². The first-order valence-corrected chi connectivity index (χ1v) is 10.1. The van der Waals surface area contributed by atoms with Crippen LogP contribution in [0.4, 0.5) is 0 Å². The van der Waals surface area contributed by atoms with E-state index in [2.05, 4.69) is 11.0 Å². The van der Waals surface area contributed by atoms with Crippen molar-refractivity contribution < 1.29 is 23.7 Å². The summed E-state index contributed by atoms with van der Waals surface area (Å²) in [5, 5.41) is 0. The quantitative estimate of drug-likeness (QED) is 0.662. The van der Waals surface area contributed by atoms with E-state index in [1.165, 1.54) is 0 Å². The zero-order valence-electron chi connectivity index (χ0n) is 18.1. The lowest BCUT2D eigenvalue weighted by atomic mass is 10.1. The molecule has 2 aromatic carbocycles. The van der Waals surface area contributed by atoms with Gasteiger partial charge in [0.2, 0.25) is 0 Å². The number of benzene rings is 2. The van der Waals surface area contributed by atoms with E-state index >= 15 is 0 Å². The predicted molar refractivity (Wildman–Crippen MR) is 115 cm³/mol. The monoisotopic (exact) mass is 414 g/mol. The summed E-state index contributed by atoms with van der Waals surface area (Å²) in [4.78, 5) is 17.2. The Morgan fingerprint density at radius 1 is 0.867 bits per heavy atom. The van der Waals surface area contributed by atoms with Crippen LogP contribution in [-0.4, -0.2) is 69.8 Å². The van der Waals surface area contributed by atoms with Gasteiger partial charge in [-0.3, -0.25) is 9.69 Å². The Labute approximate surface area is 178 Å². The number of rotatable bonds is 8. The second-order valence-corrected chi connectivity index (χ2v) is 7.09. The van der Waals surface area contributed by atoms with E-state index in [-0.39, 0.29) is 5.91 Å². The van der Waals surface area contributed by atoms with Gasteiger partial charge in [0.05, 0.1) is 27.9 Å². The average Bonchev–Trinajstić information content (AvgIpc) is 2.79. The van der Waals surface area contributed by atoms with E-state index in [4.69, 9.17) is 18.9 Å². The molecule has 3 rings (SSSR count). The van der Waals surface area contributed by atoms with Crippen LogP contribution >= 0.6 is 0 Å². The Balaban J connectivity index is 1.61. The molecule has 0 N–H and O–H groups in total. The molecule has 0 bridgehead atoms. The van der Waals surface area contributed by atoms with Crippen LogP contribution in [0.1, 0.15) is 22.8 Å². The second kappa shape index (κ2) is 10.2. The van der Waals surface area contributed by atoms with Crippen LogP contribution in [0, 0.1) is 0 Å². The van der Waals surface area contributed by atoms with Crippen molar-refractivity contribution in [2.75, 3.05) is 54.1 Å². The first kappa shape index (κ1) is 21.8. The van der Waals surface area contributed by atoms with Gasteiger partial charge in [0.25, 0.3) is 5.91 Å². The van der Waals surface area contributed by atoms with E-state index in [0.29, 0.717) is 36.8 Å². The highest BCUT2D eigenvalue weighted by Crippen LogP contribution is 2.29. The molecule has 162 valence electrons. The maximum absolute atomic E-state index is 13.0. The zero-order valence-corrected chi connectivity index (χ0v) is 18.1. The molecule has 1 saturated heterocycles. The summed E-state index contributed by atoms with van der Waals surface area (Å²) < 4.78 is 21.6. The van der Waals surface area contributed by atoms with Crippen LogP contribution in [0.2, 0.25) is 0 Å². The van der Waals surface area contributed by atoms with Crippen LogP contribution in [0.3, 0.4) is 0 Å². The van der Waals surface area contributed by atoms with Gasteiger partial charge in [-0.15, -0.1) is 0 Å². The minimum Gasteiger partial charge on any atom is -0.497 e. The Morgan fingerprint density at radius 3 is 2.10 bits per heavy atom. The summed E-state index contributed by atoms with van der Waals surface area (Å²) in [5.74, 6) is 2.72. The van der Waals surface area contributed by atoms with Crippen molar-refractivity contribution in [3.05, 3.63) is 47.5 Å². The van der Waals surface area contributed by atoms with Crippen LogP contribution in [-0.2, 0) is 6.54 Å². The number of nitrogens with zero attached hydrogens (tertiary/aromatic N) is 2. The average molecular weight is 415 g/mol. The molecule has 0 unspecified atom stereocenters. The fourth-order valence-corrected chi connectivity index (χ4v) is 3.57. The van der Waals surface area contributed by atoms with Gasteiger partial charge in [0, 0.05) is 44.4 Å².